The summed E-state index contributed by atoms with van der Waals surface area (Å²) in [4.78, 5) is 3.78. The van der Waals surface area contributed by atoms with Crippen LogP contribution in [0.15, 0.2) is 0 Å². The van der Waals surface area contributed by atoms with Crippen LogP contribution in [0.25, 0.3) is 0 Å². The van der Waals surface area contributed by atoms with Gasteiger partial charge in [-0.2, -0.15) is 0 Å². The molecule has 0 aliphatic heterocycles. The van der Waals surface area contributed by atoms with Crippen LogP contribution in [0.2, 0.25) is 0 Å². The van der Waals surface area contributed by atoms with Crippen LogP contribution in [0.3, 0.4) is 0 Å². The van der Waals surface area contributed by atoms with Crippen LogP contribution in [0.4, 0.5) is 0 Å². The first-order chi connectivity index (χ1) is 2.91. The molecular formula is C4H11ClO2V. The fourth-order valence-corrected chi connectivity index (χ4v) is 0.209. The number of hydrogen-bond donors (Lipinski definition) is 1. The molecule has 0 aromatic rings. The van der Waals surface area contributed by atoms with Crippen LogP contribution in [0, 0.1) is 0 Å². The standard InChI is InChI=1S/C4H10O2.ClH.V/c1-2-3-4-6-5;;/h5H,2-4H2,1H3;1H;. The predicted octanol–water partition coefficient (Wildman–Crippen LogP) is 1.70. The number of rotatable bonds is 3. The fraction of sp³-hybridized carbons (Fsp3) is 1.00. The first kappa shape index (κ1) is 15.9. The second-order valence-corrected chi connectivity index (χ2v) is 1.19. The zero-order valence-corrected chi connectivity index (χ0v) is 7.05. The van der Waals surface area contributed by atoms with Gasteiger partial charge in [-0.3, -0.25) is 5.26 Å². The van der Waals surface area contributed by atoms with E-state index in [2.05, 4.69) is 4.89 Å². The van der Waals surface area contributed by atoms with Crippen molar-refractivity contribution in [2.75, 3.05) is 6.61 Å². The van der Waals surface area contributed by atoms with E-state index < -0.39 is 0 Å². The van der Waals surface area contributed by atoms with Crippen molar-refractivity contribution in [3.8, 4) is 0 Å². The minimum absolute atomic E-state index is 0. The molecule has 0 rings (SSSR count). The molecule has 1 N–H and O–H groups in total. The van der Waals surface area contributed by atoms with Crippen LogP contribution >= 0.6 is 12.4 Å². The van der Waals surface area contributed by atoms with Crippen LogP contribution in [0.1, 0.15) is 19.8 Å². The van der Waals surface area contributed by atoms with Crippen molar-refractivity contribution in [3.05, 3.63) is 0 Å². The van der Waals surface area contributed by atoms with Gasteiger partial charge in [-0.25, -0.2) is 4.89 Å². The Morgan fingerprint density at radius 2 is 2.00 bits per heavy atom. The Hall–Kier alpha value is 0.794. The minimum atomic E-state index is 0. The summed E-state index contributed by atoms with van der Waals surface area (Å²) in [5, 5.41) is 7.70. The van der Waals surface area contributed by atoms with Crippen LogP contribution in [-0.4, -0.2) is 11.9 Å². The van der Waals surface area contributed by atoms with Gasteiger partial charge in [0.2, 0.25) is 0 Å². The molecule has 51 valence electrons. The van der Waals surface area contributed by atoms with Crippen molar-refractivity contribution in [1.82, 2.24) is 0 Å². The van der Waals surface area contributed by atoms with Crippen molar-refractivity contribution < 1.29 is 28.7 Å². The third-order valence-corrected chi connectivity index (χ3v) is 0.589. The van der Waals surface area contributed by atoms with Crippen molar-refractivity contribution in [2.24, 2.45) is 0 Å². The third kappa shape index (κ3) is 15.8. The molecule has 4 heteroatoms. The molecule has 0 aromatic carbocycles. The normalized spacial score (nSPS) is 6.75. The van der Waals surface area contributed by atoms with Crippen LogP contribution < -0.4 is 0 Å². The van der Waals surface area contributed by atoms with Crippen LogP contribution in [-0.2, 0) is 23.4 Å². The van der Waals surface area contributed by atoms with Crippen molar-refractivity contribution >= 4 is 12.4 Å². The average Bonchev–Trinajstić information content (AvgIpc) is 1.61. The third-order valence-electron chi connectivity index (χ3n) is 0.589. The fourth-order valence-electron chi connectivity index (χ4n) is 0.209. The minimum Gasteiger partial charge on any atom is -0.252 e. The molecule has 1 radical (unpaired) electrons. The van der Waals surface area contributed by atoms with Gasteiger partial charge in [-0.1, -0.05) is 13.3 Å². The first-order valence-electron chi connectivity index (χ1n) is 2.18. The van der Waals surface area contributed by atoms with E-state index >= 15 is 0 Å². The molecule has 0 unspecified atom stereocenters. The zero-order chi connectivity index (χ0) is 4.83. The average molecular weight is 178 g/mol. The van der Waals surface area contributed by atoms with E-state index in [4.69, 9.17) is 5.26 Å². The second kappa shape index (κ2) is 15.7. The van der Waals surface area contributed by atoms with Gasteiger partial charge in [-0.05, 0) is 6.42 Å². The SMILES string of the molecule is CCCCOO.Cl.[V]. The molecule has 2 nitrogen and oxygen atoms in total. The van der Waals surface area contributed by atoms with Crippen molar-refractivity contribution in [3.63, 3.8) is 0 Å². The summed E-state index contributed by atoms with van der Waals surface area (Å²) in [7, 11) is 0. The molecule has 0 aliphatic carbocycles. The molecule has 0 heterocycles. The van der Waals surface area contributed by atoms with E-state index in [-0.39, 0.29) is 31.0 Å². The summed E-state index contributed by atoms with van der Waals surface area (Å²) >= 11 is 0. The van der Waals surface area contributed by atoms with Gasteiger partial charge in [0, 0.05) is 18.6 Å². The number of halogens is 1. The molecule has 8 heavy (non-hydrogen) atoms. The van der Waals surface area contributed by atoms with Crippen molar-refractivity contribution in [1.29, 1.82) is 0 Å². The quantitative estimate of drug-likeness (QED) is 0.404. The van der Waals surface area contributed by atoms with Gasteiger partial charge in [0.25, 0.3) is 0 Å². The van der Waals surface area contributed by atoms with Gasteiger partial charge in [0.15, 0.2) is 0 Å². The van der Waals surface area contributed by atoms with Crippen molar-refractivity contribution in [2.45, 2.75) is 19.8 Å². The molecule has 0 fully saturated rings. The summed E-state index contributed by atoms with van der Waals surface area (Å²) in [6, 6.07) is 0. The first-order valence-corrected chi connectivity index (χ1v) is 2.18. The molecular weight excluding hydrogens is 166 g/mol. The molecule has 0 amide bonds. The van der Waals surface area contributed by atoms with E-state index in [0.29, 0.717) is 6.61 Å². The smallest absolute Gasteiger partial charge is 0.0819 e. The summed E-state index contributed by atoms with van der Waals surface area (Å²) in [6.07, 6.45) is 2.01. The largest absolute Gasteiger partial charge is 0.252 e. The van der Waals surface area contributed by atoms with E-state index in [9.17, 15) is 0 Å². The Kier molecular flexibility index (Phi) is 31.1. The van der Waals surface area contributed by atoms with Gasteiger partial charge in [-0.15, -0.1) is 12.4 Å². The predicted molar refractivity (Wildman–Crippen MR) is 30.7 cm³/mol. The van der Waals surface area contributed by atoms with Crippen LogP contribution in [0.5, 0.6) is 0 Å². The zero-order valence-electron chi connectivity index (χ0n) is 4.83. The summed E-state index contributed by atoms with van der Waals surface area (Å²) in [5.41, 5.74) is 0. The molecule has 0 aromatic heterocycles. The topological polar surface area (TPSA) is 29.5 Å². The van der Waals surface area contributed by atoms with Gasteiger partial charge in [0.05, 0.1) is 6.61 Å². The van der Waals surface area contributed by atoms with E-state index in [0.717, 1.165) is 12.8 Å². The molecule has 0 saturated carbocycles. The Morgan fingerprint density at radius 3 is 2.12 bits per heavy atom. The van der Waals surface area contributed by atoms with E-state index in [1.807, 2.05) is 6.92 Å². The Morgan fingerprint density at radius 1 is 1.50 bits per heavy atom. The van der Waals surface area contributed by atoms with Gasteiger partial charge < -0.3 is 0 Å². The molecule has 0 atom stereocenters. The maximum Gasteiger partial charge on any atom is 0.0819 e. The number of hydrogen-bond acceptors (Lipinski definition) is 2. The Balaban J connectivity index is -0.000000125. The molecule has 0 bridgehead atoms. The number of unbranched alkanes of at least 4 members (excludes halogenated alkanes) is 1. The monoisotopic (exact) mass is 177 g/mol. The van der Waals surface area contributed by atoms with E-state index in [1.165, 1.54) is 0 Å². The summed E-state index contributed by atoms with van der Waals surface area (Å²) < 4.78 is 0. The van der Waals surface area contributed by atoms with Gasteiger partial charge in [0.1, 0.15) is 0 Å². The Labute approximate surface area is 67.8 Å². The molecule has 0 aliphatic rings. The Bertz CT molecular complexity index is 26.0. The van der Waals surface area contributed by atoms with E-state index in [1.54, 1.807) is 0 Å². The summed E-state index contributed by atoms with van der Waals surface area (Å²) in [5.74, 6) is 0. The molecule has 0 spiro atoms. The maximum atomic E-state index is 7.70. The second-order valence-electron chi connectivity index (χ2n) is 1.19. The van der Waals surface area contributed by atoms with Gasteiger partial charge >= 0.3 is 0 Å². The summed E-state index contributed by atoms with van der Waals surface area (Å²) in [6.45, 7) is 2.51. The molecule has 0 saturated heterocycles. The maximum absolute atomic E-state index is 7.70.